The second kappa shape index (κ2) is 4.75. The van der Waals surface area contributed by atoms with Gasteiger partial charge in [0.25, 0.3) is 0 Å². The van der Waals surface area contributed by atoms with Crippen molar-refractivity contribution in [3.8, 4) is 0 Å². The molecule has 0 radical (unpaired) electrons. The van der Waals surface area contributed by atoms with Crippen LogP contribution in [0.1, 0.15) is 26.2 Å². The lowest BCUT2D eigenvalue weighted by Crippen LogP contribution is -2.26. The monoisotopic (exact) mass is 237 g/mol. The van der Waals surface area contributed by atoms with Crippen molar-refractivity contribution in [2.24, 2.45) is 0 Å². The summed E-state index contributed by atoms with van der Waals surface area (Å²) >= 11 is 0. The molecule has 0 aliphatic heterocycles. The molecule has 2 rings (SSSR count). The highest BCUT2D eigenvalue weighted by Gasteiger charge is 2.42. The summed E-state index contributed by atoms with van der Waals surface area (Å²) in [4.78, 5) is 8.22. The average Bonchev–Trinajstić information content (AvgIpc) is 3.06. The molecule has 0 bridgehead atoms. The van der Waals surface area contributed by atoms with E-state index in [0.717, 1.165) is 31.6 Å². The first-order chi connectivity index (χ1) is 8.17. The molecule has 94 valence electrons. The topological polar surface area (TPSA) is 96.1 Å². The van der Waals surface area contributed by atoms with Crippen LogP contribution in [0.15, 0.2) is 6.07 Å². The van der Waals surface area contributed by atoms with Gasteiger partial charge in [0.2, 0.25) is 5.95 Å². The number of hydrogen-bond acceptors (Lipinski definition) is 6. The predicted molar refractivity (Wildman–Crippen MR) is 67.9 cm³/mol. The number of aliphatic hydroxyl groups is 1. The Hall–Kier alpha value is -1.56. The minimum atomic E-state index is -0.192. The fourth-order valence-electron chi connectivity index (χ4n) is 1.62. The number of nitrogens with zero attached hydrogens (tertiary/aromatic N) is 2. The van der Waals surface area contributed by atoms with Crippen LogP contribution in [0.4, 0.5) is 17.6 Å². The maximum absolute atomic E-state index is 9.25. The first kappa shape index (κ1) is 11.9. The first-order valence-electron chi connectivity index (χ1n) is 5.95. The minimum absolute atomic E-state index is 0.120. The van der Waals surface area contributed by atoms with Crippen LogP contribution in [0.5, 0.6) is 0 Å². The van der Waals surface area contributed by atoms with Crippen molar-refractivity contribution >= 4 is 17.6 Å². The lowest BCUT2D eigenvalue weighted by Gasteiger charge is -2.16. The lowest BCUT2D eigenvalue weighted by atomic mass is 10.3. The molecule has 0 atom stereocenters. The van der Waals surface area contributed by atoms with Crippen LogP contribution in [0.3, 0.4) is 0 Å². The van der Waals surface area contributed by atoms with Gasteiger partial charge in [-0.1, -0.05) is 6.92 Å². The number of aromatic nitrogens is 2. The smallest absolute Gasteiger partial charge is 0.223 e. The summed E-state index contributed by atoms with van der Waals surface area (Å²) in [6, 6.07) is 1.82. The molecule has 0 unspecified atom stereocenters. The van der Waals surface area contributed by atoms with E-state index in [1.165, 1.54) is 0 Å². The molecule has 6 nitrogen and oxygen atoms in total. The Morgan fingerprint density at radius 1 is 1.41 bits per heavy atom. The predicted octanol–water partition coefficient (Wildman–Crippen LogP) is 0.817. The Labute approximate surface area is 101 Å². The molecule has 1 heterocycles. The fraction of sp³-hybridized carbons (Fsp3) is 0.636. The molecule has 0 amide bonds. The van der Waals surface area contributed by atoms with E-state index >= 15 is 0 Å². The summed E-state index contributed by atoms with van der Waals surface area (Å²) in [6.07, 6.45) is 2.95. The Bertz CT molecular complexity index is 391. The van der Waals surface area contributed by atoms with E-state index < -0.39 is 0 Å². The Morgan fingerprint density at radius 2 is 2.12 bits per heavy atom. The highest BCUT2D eigenvalue weighted by Crippen LogP contribution is 2.38. The van der Waals surface area contributed by atoms with Gasteiger partial charge in [-0.3, -0.25) is 0 Å². The average molecular weight is 237 g/mol. The highest BCUT2D eigenvalue weighted by molar-refractivity contribution is 5.53. The third kappa shape index (κ3) is 2.97. The zero-order valence-corrected chi connectivity index (χ0v) is 10.0. The number of anilines is 3. The second-order valence-corrected chi connectivity index (χ2v) is 4.49. The van der Waals surface area contributed by atoms with Gasteiger partial charge >= 0.3 is 0 Å². The van der Waals surface area contributed by atoms with Crippen LogP contribution < -0.4 is 16.4 Å². The van der Waals surface area contributed by atoms with Crippen molar-refractivity contribution in [1.29, 1.82) is 0 Å². The molecule has 17 heavy (non-hydrogen) atoms. The molecule has 6 heteroatoms. The normalized spacial score (nSPS) is 16.6. The van der Waals surface area contributed by atoms with Crippen LogP contribution in [-0.2, 0) is 0 Å². The van der Waals surface area contributed by atoms with Gasteiger partial charge in [0.05, 0.1) is 12.1 Å². The third-order valence-corrected chi connectivity index (χ3v) is 2.85. The van der Waals surface area contributed by atoms with Gasteiger partial charge in [0.1, 0.15) is 11.6 Å². The lowest BCUT2D eigenvalue weighted by molar-refractivity contribution is 0.266. The summed E-state index contributed by atoms with van der Waals surface area (Å²) < 4.78 is 0. The number of nitrogens with two attached hydrogens (primary N) is 1. The van der Waals surface area contributed by atoms with Crippen molar-refractivity contribution in [2.75, 3.05) is 29.5 Å². The van der Waals surface area contributed by atoms with Gasteiger partial charge in [0.15, 0.2) is 0 Å². The Morgan fingerprint density at radius 3 is 2.71 bits per heavy atom. The van der Waals surface area contributed by atoms with Crippen LogP contribution in [0.25, 0.3) is 0 Å². The van der Waals surface area contributed by atoms with Gasteiger partial charge in [-0.15, -0.1) is 0 Å². The van der Waals surface area contributed by atoms with Crippen LogP contribution >= 0.6 is 0 Å². The fourth-order valence-corrected chi connectivity index (χ4v) is 1.62. The Kier molecular flexibility index (Phi) is 3.33. The number of rotatable bonds is 6. The molecule has 1 aromatic rings. The van der Waals surface area contributed by atoms with E-state index in [1.807, 2.05) is 6.07 Å². The summed E-state index contributed by atoms with van der Waals surface area (Å²) in [5.74, 6) is 1.63. The van der Waals surface area contributed by atoms with Crippen molar-refractivity contribution in [2.45, 2.75) is 31.7 Å². The Balaban J connectivity index is 2.08. The molecule has 1 fully saturated rings. The van der Waals surface area contributed by atoms with Gasteiger partial charge < -0.3 is 21.5 Å². The molecular formula is C11H19N5O. The van der Waals surface area contributed by atoms with Gasteiger partial charge in [-0.05, 0) is 19.3 Å². The first-order valence-corrected chi connectivity index (χ1v) is 5.95. The second-order valence-electron chi connectivity index (χ2n) is 4.49. The standard InChI is InChI=1S/C11H19N5O/c1-2-5-13-8-6-9(15-10(12)14-8)16-11(7-17)3-4-11/h6,17H,2-5,7H2,1H3,(H4,12,13,14,15,16). The maximum atomic E-state index is 9.25. The highest BCUT2D eigenvalue weighted by atomic mass is 16.3. The number of nitrogen functional groups attached to an aromatic ring is 1. The van der Waals surface area contributed by atoms with Gasteiger partial charge in [-0.25, -0.2) is 0 Å². The van der Waals surface area contributed by atoms with Gasteiger partial charge in [0, 0.05) is 12.6 Å². The van der Waals surface area contributed by atoms with Crippen molar-refractivity contribution < 1.29 is 5.11 Å². The molecule has 0 spiro atoms. The van der Waals surface area contributed by atoms with Gasteiger partial charge in [-0.2, -0.15) is 9.97 Å². The number of hydrogen-bond donors (Lipinski definition) is 4. The van der Waals surface area contributed by atoms with E-state index in [2.05, 4.69) is 27.5 Å². The molecule has 0 aromatic carbocycles. The quantitative estimate of drug-likeness (QED) is 0.585. The SMILES string of the molecule is CCCNc1cc(NC2(CO)CC2)nc(N)n1. The molecule has 1 aromatic heterocycles. The van der Waals surface area contributed by atoms with E-state index in [-0.39, 0.29) is 18.1 Å². The zero-order chi connectivity index (χ0) is 12.3. The van der Waals surface area contributed by atoms with Crippen molar-refractivity contribution in [3.63, 3.8) is 0 Å². The van der Waals surface area contributed by atoms with Crippen LogP contribution in [-0.4, -0.2) is 33.8 Å². The van der Waals surface area contributed by atoms with E-state index in [0.29, 0.717) is 5.82 Å². The molecular weight excluding hydrogens is 218 g/mol. The molecule has 0 saturated heterocycles. The summed E-state index contributed by atoms with van der Waals surface area (Å²) in [7, 11) is 0. The third-order valence-electron chi connectivity index (χ3n) is 2.85. The van der Waals surface area contributed by atoms with Crippen molar-refractivity contribution in [3.05, 3.63) is 6.07 Å². The molecule has 1 aliphatic carbocycles. The van der Waals surface area contributed by atoms with E-state index in [1.54, 1.807) is 0 Å². The van der Waals surface area contributed by atoms with Crippen molar-refractivity contribution in [1.82, 2.24) is 9.97 Å². The van der Waals surface area contributed by atoms with Crippen LogP contribution in [0, 0.1) is 0 Å². The molecule has 1 saturated carbocycles. The van der Waals surface area contributed by atoms with E-state index in [4.69, 9.17) is 5.73 Å². The maximum Gasteiger partial charge on any atom is 0.223 e. The van der Waals surface area contributed by atoms with E-state index in [9.17, 15) is 5.11 Å². The zero-order valence-electron chi connectivity index (χ0n) is 10.0. The largest absolute Gasteiger partial charge is 0.394 e. The minimum Gasteiger partial charge on any atom is -0.394 e. The summed E-state index contributed by atoms with van der Waals surface area (Å²) in [6.45, 7) is 3.05. The number of nitrogens with one attached hydrogen (secondary N) is 2. The number of aliphatic hydroxyl groups excluding tert-OH is 1. The molecule has 5 N–H and O–H groups in total. The summed E-state index contributed by atoms with van der Waals surface area (Å²) in [5.41, 5.74) is 5.46. The molecule has 1 aliphatic rings. The summed E-state index contributed by atoms with van der Waals surface area (Å²) in [5, 5.41) is 15.6. The van der Waals surface area contributed by atoms with Crippen LogP contribution in [0.2, 0.25) is 0 Å².